The van der Waals surface area contributed by atoms with Gasteiger partial charge >= 0.3 is 0 Å². The Kier molecular flexibility index (Phi) is 3.03. The van der Waals surface area contributed by atoms with Gasteiger partial charge in [-0.05, 0) is 68.1 Å². The zero-order valence-corrected chi connectivity index (χ0v) is 14.2. The minimum Gasteiger partial charge on any atom is -0.389 e. The van der Waals surface area contributed by atoms with Crippen molar-refractivity contribution in [2.24, 2.45) is 28.6 Å². The van der Waals surface area contributed by atoms with Crippen molar-refractivity contribution in [1.29, 1.82) is 0 Å². The molecule has 4 aliphatic rings. The predicted molar refractivity (Wildman–Crippen MR) is 87.3 cm³/mol. The Labute approximate surface area is 134 Å². The molecule has 0 saturated heterocycles. The van der Waals surface area contributed by atoms with Crippen LogP contribution in [0.1, 0.15) is 71.6 Å². The first-order valence-corrected chi connectivity index (χ1v) is 9.23. The summed E-state index contributed by atoms with van der Waals surface area (Å²) in [5.74, 6) is 1.84. The first-order valence-electron chi connectivity index (χ1n) is 9.23. The van der Waals surface area contributed by atoms with Crippen LogP contribution < -0.4 is 0 Å². The van der Waals surface area contributed by atoms with E-state index in [0.29, 0.717) is 36.4 Å². The van der Waals surface area contributed by atoms with Crippen LogP contribution in [0, 0.1) is 28.6 Å². The van der Waals surface area contributed by atoms with Crippen molar-refractivity contribution in [2.75, 3.05) is 0 Å². The molecule has 2 nitrogen and oxygen atoms in total. The molecule has 0 bridgehead atoms. The number of rotatable bonds is 0. The lowest BCUT2D eigenvalue weighted by atomic mass is 9.43. The molecule has 4 aliphatic carbocycles. The van der Waals surface area contributed by atoms with Crippen LogP contribution in [0.5, 0.6) is 0 Å². The van der Waals surface area contributed by atoms with Crippen LogP contribution in [0.2, 0.25) is 0 Å². The van der Waals surface area contributed by atoms with Crippen LogP contribution in [-0.4, -0.2) is 16.5 Å². The molecule has 1 N–H and O–H groups in total. The number of carbonyl (C=O) groups is 1. The Balaban J connectivity index is 1.72. The summed E-state index contributed by atoms with van der Waals surface area (Å²) in [5, 5.41) is 11.8. The van der Waals surface area contributed by atoms with Gasteiger partial charge in [-0.3, -0.25) is 4.79 Å². The van der Waals surface area contributed by atoms with Crippen LogP contribution in [0.15, 0.2) is 12.2 Å². The molecule has 0 spiro atoms. The molecule has 22 heavy (non-hydrogen) atoms. The fourth-order valence-electron chi connectivity index (χ4n) is 6.90. The van der Waals surface area contributed by atoms with Gasteiger partial charge in [0.1, 0.15) is 5.78 Å². The fraction of sp³-hybridized carbons (Fsp3) is 0.850. The second-order valence-corrected chi connectivity index (χ2v) is 9.13. The van der Waals surface area contributed by atoms with Gasteiger partial charge in [-0.15, -0.1) is 0 Å². The number of Topliss-reactive ketones (excluding diaryl/α,β-unsaturated/α-hetero) is 1. The molecule has 0 aromatic rings. The third-order valence-electron chi connectivity index (χ3n) is 8.62. The lowest BCUT2D eigenvalue weighted by molar-refractivity contribution is -0.227. The normalized spacial score (nSPS) is 54.6. The molecular weight excluding hydrogens is 272 g/mol. The van der Waals surface area contributed by atoms with Crippen LogP contribution in [0.3, 0.4) is 0 Å². The molecule has 0 aliphatic heterocycles. The zero-order chi connectivity index (χ0) is 15.8. The Morgan fingerprint density at radius 2 is 1.82 bits per heavy atom. The average Bonchev–Trinajstić information content (AvgIpc) is 2.77. The Hall–Kier alpha value is -0.630. The number of aliphatic hydroxyl groups is 1. The topological polar surface area (TPSA) is 37.3 Å². The molecule has 0 aromatic carbocycles. The number of fused-ring (bicyclic) bond motifs is 5. The van der Waals surface area contributed by atoms with E-state index in [9.17, 15) is 9.90 Å². The molecule has 6 atom stereocenters. The van der Waals surface area contributed by atoms with Gasteiger partial charge in [0.2, 0.25) is 0 Å². The van der Waals surface area contributed by atoms with Gasteiger partial charge in [0, 0.05) is 18.3 Å². The summed E-state index contributed by atoms with van der Waals surface area (Å²) in [4.78, 5) is 11.9. The molecule has 0 amide bonds. The molecule has 122 valence electrons. The van der Waals surface area contributed by atoms with Crippen molar-refractivity contribution in [2.45, 2.75) is 77.2 Å². The maximum atomic E-state index is 11.9. The van der Waals surface area contributed by atoms with Gasteiger partial charge in [0.15, 0.2) is 0 Å². The Morgan fingerprint density at radius 1 is 1.05 bits per heavy atom. The standard InChI is InChI=1S/C20H30O2/c1-13-4-6-16-17-7-5-14-12-15(21)8-9-19(14,3)20(17,22)11-10-18(13,16)2/h14,16-17,22H,1,4-12H2,2-3H3/t14?,16-,17-,18+,19-,20+/m0/s1. The minimum atomic E-state index is -0.550. The maximum Gasteiger partial charge on any atom is 0.133 e. The van der Waals surface area contributed by atoms with Gasteiger partial charge in [-0.1, -0.05) is 26.0 Å². The lowest BCUT2D eigenvalue weighted by Gasteiger charge is -2.64. The van der Waals surface area contributed by atoms with Crippen molar-refractivity contribution >= 4 is 5.78 Å². The van der Waals surface area contributed by atoms with Crippen molar-refractivity contribution < 1.29 is 9.90 Å². The molecule has 4 fully saturated rings. The number of hydrogen-bond acceptors (Lipinski definition) is 2. The van der Waals surface area contributed by atoms with E-state index in [1.165, 1.54) is 12.0 Å². The average molecular weight is 302 g/mol. The maximum absolute atomic E-state index is 11.9. The lowest BCUT2D eigenvalue weighted by Crippen LogP contribution is -2.65. The minimum absolute atomic E-state index is 0.0465. The van der Waals surface area contributed by atoms with Gasteiger partial charge < -0.3 is 5.11 Å². The third kappa shape index (κ3) is 1.63. The summed E-state index contributed by atoms with van der Waals surface area (Å²) < 4.78 is 0. The van der Waals surface area contributed by atoms with E-state index in [1.54, 1.807) is 0 Å². The first-order chi connectivity index (χ1) is 10.3. The highest BCUT2D eigenvalue weighted by Gasteiger charge is 2.65. The quantitative estimate of drug-likeness (QED) is 0.679. The monoisotopic (exact) mass is 302 g/mol. The number of hydrogen-bond donors (Lipinski definition) is 1. The molecule has 0 heterocycles. The third-order valence-corrected chi connectivity index (χ3v) is 8.62. The van der Waals surface area contributed by atoms with Gasteiger partial charge in [0.25, 0.3) is 0 Å². The van der Waals surface area contributed by atoms with Crippen LogP contribution in [-0.2, 0) is 4.79 Å². The SMILES string of the molecule is C=C1CC[C@H]2[C@@H]3CCC4CC(=O)CC[C@]4(C)[C@@]3(O)CC[C@]12C. The van der Waals surface area contributed by atoms with E-state index in [-0.39, 0.29) is 10.8 Å². The van der Waals surface area contributed by atoms with E-state index in [1.807, 2.05) is 0 Å². The van der Waals surface area contributed by atoms with Crippen molar-refractivity contribution in [3.8, 4) is 0 Å². The summed E-state index contributed by atoms with van der Waals surface area (Å²) in [6.07, 6.45) is 8.87. The highest BCUT2D eigenvalue weighted by atomic mass is 16.3. The van der Waals surface area contributed by atoms with E-state index in [0.717, 1.165) is 38.5 Å². The largest absolute Gasteiger partial charge is 0.389 e. The van der Waals surface area contributed by atoms with Crippen LogP contribution >= 0.6 is 0 Å². The molecule has 2 heteroatoms. The highest BCUT2D eigenvalue weighted by Crippen LogP contribution is 2.68. The summed E-state index contributed by atoms with van der Waals surface area (Å²) in [7, 11) is 0. The smallest absolute Gasteiger partial charge is 0.133 e. The highest BCUT2D eigenvalue weighted by molar-refractivity contribution is 5.79. The van der Waals surface area contributed by atoms with Gasteiger partial charge in [-0.2, -0.15) is 0 Å². The zero-order valence-electron chi connectivity index (χ0n) is 14.2. The summed E-state index contributed by atoms with van der Waals surface area (Å²) in [6, 6.07) is 0. The molecule has 0 radical (unpaired) electrons. The molecule has 1 unspecified atom stereocenters. The second-order valence-electron chi connectivity index (χ2n) is 9.13. The van der Waals surface area contributed by atoms with E-state index < -0.39 is 5.60 Å². The molecule has 4 rings (SSSR count). The van der Waals surface area contributed by atoms with E-state index in [2.05, 4.69) is 20.4 Å². The molecule has 4 saturated carbocycles. The van der Waals surface area contributed by atoms with Crippen molar-refractivity contribution in [3.63, 3.8) is 0 Å². The van der Waals surface area contributed by atoms with E-state index >= 15 is 0 Å². The first kappa shape index (κ1) is 14.9. The second kappa shape index (κ2) is 4.47. The number of carbonyl (C=O) groups excluding carboxylic acids is 1. The molecule has 0 aromatic heterocycles. The fourth-order valence-corrected chi connectivity index (χ4v) is 6.90. The summed E-state index contributed by atoms with van der Waals surface area (Å²) in [5.41, 5.74) is 1.08. The number of ketones is 1. The van der Waals surface area contributed by atoms with Gasteiger partial charge in [-0.25, -0.2) is 0 Å². The Morgan fingerprint density at radius 3 is 2.59 bits per heavy atom. The predicted octanol–water partition coefficient (Wildman–Crippen LogP) is 4.27. The number of allylic oxidation sites excluding steroid dienone is 1. The summed E-state index contributed by atoms with van der Waals surface area (Å²) >= 11 is 0. The van der Waals surface area contributed by atoms with Crippen molar-refractivity contribution in [3.05, 3.63) is 12.2 Å². The van der Waals surface area contributed by atoms with Gasteiger partial charge in [0.05, 0.1) is 5.60 Å². The summed E-state index contributed by atoms with van der Waals surface area (Å²) in [6.45, 7) is 9.04. The van der Waals surface area contributed by atoms with Crippen molar-refractivity contribution in [1.82, 2.24) is 0 Å². The Bertz CT molecular complexity index is 538. The van der Waals surface area contributed by atoms with E-state index in [4.69, 9.17) is 0 Å². The van der Waals surface area contributed by atoms with Crippen LogP contribution in [0.4, 0.5) is 0 Å². The molecular formula is C20H30O2. The van der Waals surface area contributed by atoms with Crippen LogP contribution in [0.25, 0.3) is 0 Å².